The molecular weight excluding hydrogens is 265 g/mol. The van der Waals surface area contributed by atoms with Crippen LogP contribution in [0.25, 0.3) is 0 Å². The molecule has 1 heterocycles. The van der Waals surface area contributed by atoms with Gasteiger partial charge in [-0.1, -0.05) is 12.0 Å². The van der Waals surface area contributed by atoms with Crippen molar-refractivity contribution in [2.75, 3.05) is 0 Å². The quantitative estimate of drug-likeness (QED) is 0.778. The zero-order valence-corrected chi connectivity index (χ0v) is 12.7. The van der Waals surface area contributed by atoms with E-state index in [4.69, 9.17) is 4.74 Å². The van der Waals surface area contributed by atoms with Crippen LogP contribution in [0.15, 0.2) is 30.3 Å². The molecule has 0 amide bonds. The Morgan fingerprint density at radius 2 is 1.86 bits per heavy atom. The van der Waals surface area contributed by atoms with Crippen molar-refractivity contribution in [3.8, 4) is 17.6 Å². The average Bonchev–Trinajstić information content (AvgIpc) is 2.44. The maximum atomic E-state index is 13.1. The first-order valence-corrected chi connectivity index (χ1v) is 6.84. The highest BCUT2D eigenvalue weighted by Crippen LogP contribution is 2.17. The highest BCUT2D eigenvalue weighted by atomic mass is 19.1. The molecule has 1 aromatic carbocycles. The van der Waals surface area contributed by atoms with Gasteiger partial charge >= 0.3 is 0 Å². The summed E-state index contributed by atoms with van der Waals surface area (Å²) in [5.74, 6) is 6.35. The molecule has 0 bridgehead atoms. The number of rotatable bonds is 2. The van der Waals surface area contributed by atoms with Gasteiger partial charge in [0, 0.05) is 0 Å². The molecule has 1 atom stereocenters. The van der Waals surface area contributed by atoms with Gasteiger partial charge in [0.2, 0.25) is 0 Å². The van der Waals surface area contributed by atoms with Crippen molar-refractivity contribution in [3.05, 3.63) is 58.7 Å². The van der Waals surface area contributed by atoms with Gasteiger partial charge in [-0.05, 0) is 69.0 Å². The van der Waals surface area contributed by atoms with Gasteiger partial charge in [0.1, 0.15) is 17.3 Å². The molecule has 1 unspecified atom stereocenters. The fourth-order valence-electron chi connectivity index (χ4n) is 1.81. The van der Waals surface area contributed by atoms with Gasteiger partial charge < -0.3 is 4.74 Å². The van der Waals surface area contributed by atoms with E-state index in [0.29, 0.717) is 11.4 Å². The molecule has 0 aliphatic carbocycles. The molecule has 0 aliphatic rings. The SMILES string of the molecule is Cc1ccc(OC(C)C#Cc2ccc(F)c(C)n2)cc1C. The number of benzene rings is 1. The summed E-state index contributed by atoms with van der Waals surface area (Å²) < 4.78 is 18.9. The summed E-state index contributed by atoms with van der Waals surface area (Å²) in [5, 5.41) is 0. The number of pyridine rings is 1. The van der Waals surface area contributed by atoms with Crippen molar-refractivity contribution < 1.29 is 9.13 Å². The third-order valence-electron chi connectivity index (χ3n) is 3.22. The van der Waals surface area contributed by atoms with E-state index < -0.39 is 0 Å². The van der Waals surface area contributed by atoms with Gasteiger partial charge in [-0.2, -0.15) is 0 Å². The van der Waals surface area contributed by atoms with E-state index in [1.807, 2.05) is 32.0 Å². The molecule has 0 saturated carbocycles. The second kappa shape index (κ2) is 6.41. The molecule has 2 aromatic rings. The van der Waals surface area contributed by atoms with Crippen LogP contribution in [0.3, 0.4) is 0 Å². The standard InChI is InChI=1S/C18H18FNO/c1-12-5-9-17(11-13(12)2)21-14(3)6-7-16-8-10-18(19)15(4)20-16/h5,8-11,14H,1-4H3. The van der Waals surface area contributed by atoms with Gasteiger partial charge in [0.05, 0.1) is 5.69 Å². The first-order chi connectivity index (χ1) is 9.95. The predicted molar refractivity (Wildman–Crippen MR) is 81.8 cm³/mol. The number of ether oxygens (including phenoxy) is 1. The second-order valence-electron chi connectivity index (χ2n) is 5.04. The number of hydrogen-bond donors (Lipinski definition) is 0. The van der Waals surface area contributed by atoms with E-state index in [0.717, 1.165) is 5.75 Å². The molecule has 1 aromatic heterocycles. The molecule has 0 radical (unpaired) electrons. The van der Waals surface area contributed by atoms with Crippen molar-refractivity contribution in [2.24, 2.45) is 0 Å². The van der Waals surface area contributed by atoms with Gasteiger partial charge in [-0.15, -0.1) is 0 Å². The number of aryl methyl sites for hydroxylation is 3. The fraction of sp³-hybridized carbons (Fsp3) is 0.278. The Morgan fingerprint density at radius 3 is 2.52 bits per heavy atom. The minimum Gasteiger partial charge on any atom is -0.478 e. The van der Waals surface area contributed by atoms with Crippen molar-refractivity contribution in [2.45, 2.75) is 33.8 Å². The maximum absolute atomic E-state index is 13.1. The van der Waals surface area contributed by atoms with E-state index >= 15 is 0 Å². The van der Waals surface area contributed by atoms with Crippen LogP contribution in [0, 0.1) is 38.4 Å². The van der Waals surface area contributed by atoms with Crippen LogP contribution in [0.1, 0.15) is 29.4 Å². The summed E-state index contributed by atoms with van der Waals surface area (Å²) in [7, 11) is 0. The Kier molecular flexibility index (Phi) is 4.59. The molecule has 0 aliphatic heterocycles. The van der Waals surface area contributed by atoms with Crippen molar-refractivity contribution in [1.29, 1.82) is 0 Å². The van der Waals surface area contributed by atoms with E-state index in [2.05, 4.69) is 23.7 Å². The van der Waals surface area contributed by atoms with Crippen LogP contribution in [0.5, 0.6) is 5.75 Å². The number of nitrogens with zero attached hydrogens (tertiary/aromatic N) is 1. The molecule has 108 valence electrons. The van der Waals surface area contributed by atoms with E-state index in [9.17, 15) is 4.39 Å². The van der Waals surface area contributed by atoms with Crippen LogP contribution in [-0.4, -0.2) is 11.1 Å². The van der Waals surface area contributed by atoms with Crippen molar-refractivity contribution in [1.82, 2.24) is 4.98 Å². The lowest BCUT2D eigenvalue weighted by atomic mass is 10.1. The lowest BCUT2D eigenvalue weighted by Crippen LogP contribution is -2.09. The third kappa shape index (κ3) is 4.06. The summed E-state index contributed by atoms with van der Waals surface area (Å²) >= 11 is 0. The minimum absolute atomic E-state index is 0.265. The fourth-order valence-corrected chi connectivity index (χ4v) is 1.81. The Balaban J connectivity index is 2.07. The average molecular weight is 283 g/mol. The van der Waals surface area contributed by atoms with Crippen molar-refractivity contribution >= 4 is 0 Å². The molecule has 0 N–H and O–H groups in total. The molecular formula is C18H18FNO. The van der Waals surface area contributed by atoms with E-state index in [1.54, 1.807) is 13.0 Å². The third-order valence-corrected chi connectivity index (χ3v) is 3.22. The summed E-state index contributed by atoms with van der Waals surface area (Å²) in [4.78, 5) is 4.07. The molecule has 21 heavy (non-hydrogen) atoms. The maximum Gasteiger partial charge on any atom is 0.156 e. The number of hydrogen-bond acceptors (Lipinski definition) is 2. The van der Waals surface area contributed by atoms with Crippen LogP contribution < -0.4 is 4.74 Å². The molecule has 3 heteroatoms. The van der Waals surface area contributed by atoms with E-state index in [1.165, 1.54) is 17.2 Å². The zero-order valence-electron chi connectivity index (χ0n) is 12.7. The topological polar surface area (TPSA) is 22.1 Å². The second-order valence-corrected chi connectivity index (χ2v) is 5.04. The highest BCUT2D eigenvalue weighted by molar-refractivity contribution is 5.35. The first-order valence-electron chi connectivity index (χ1n) is 6.84. The molecule has 0 fully saturated rings. The normalized spacial score (nSPS) is 11.5. The molecule has 2 rings (SSSR count). The lowest BCUT2D eigenvalue weighted by molar-refractivity contribution is 0.278. The van der Waals surface area contributed by atoms with Gasteiger partial charge in [0.15, 0.2) is 6.10 Å². The number of aromatic nitrogens is 1. The van der Waals surface area contributed by atoms with Crippen LogP contribution in [0.2, 0.25) is 0 Å². The Labute approximate surface area is 125 Å². The summed E-state index contributed by atoms with van der Waals surface area (Å²) in [6, 6.07) is 8.89. The molecule has 2 nitrogen and oxygen atoms in total. The van der Waals surface area contributed by atoms with Gasteiger partial charge in [0.25, 0.3) is 0 Å². The molecule has 0 spiro atoms. The van der Waals surface area contributed by atoms with Crippen LogP contribution >= 0.6 is 0 Å². The predicted octanol–water partition coefficient (Wildman–Crippen LogP) is 3.96. The number of halogens is 1. The summed E-state index contributed by atoms with van der Waals surface area (Å²) in [5.41, 5.74) is 3.31. The smallest absolute Gasteiger partial charge is 0.156 e. The summed E-state index contributed by atoms with van der Waals surface area (Å²) in [6.07, 6.45) is -0.265. The van der Waals surface area contributed by atoms with Gasteiger partial charge in [-0.25, -0.2) is 9.37 Å². The van der Waals surface area contributed by atoms with Gasteiger partial charge in [-0.3, -0.25) is 0 Å². The first kappa shape index (κ1) is 15.1. The Morgan fingerprint density at radius 1 is 1.10 bits per heavy atom. The highest BCUT2D eigenvalue weighted by Gasteiger charge is 2.02. The molecule has 0 saturated heterocycles. The largest absolute Gasteiger partial charge is 0.478 e. The van der Waals surface area contributed by atoms with E-state index in [-0.39, 0.29) is 11.9 Å². The zero-order chi connectivity index (χ0) is 15.4. The summed E-state index contributed by atoms with van der Waals surface area (Å²) in [6.45, 7) is 7.60. The van der Waals surface area contributed by atoms with Crippen molar-refractivity contribution in [3.63, 3.8) is 0 Å². The lowest BCUT2D eigenvalue weighted by Gasteiger charge is -2.10. The van der Waals surface area contributed by atoms with Crippen LogP contribution in [0.4, 0.5) is 4.39 Å². The Hall–Kier alpha value is -2.34. The Bertz CT molecular complexity index is 713. The van der Waals surface area contributed by atoms with Crippen LogP contribution in [-0.2, 0) is 0 Å². The minimum atomic E-state index is -0.319. The monoisotopic (exact) mass is 283 g/mol.